The average molecular weight is 280 g/mol. The third kappa shape index (κ3) is 3.17. The van der Waals surface area contributed by atoms with Crippen LogP contribution < -0.4 is 10.1 Å². The van der Waals surface area contributed by atoms with Crippen molar-refractivity contribution in [3.8, 4) is 17.4 Å². The van der Waals surface area contributed by atoms with E-state index in [-0.39, 0.29) is 29.5 Å². The summed E-state index contributed by atoms with van der Waals surface area (Å²) in [7, 11) is 1.62. The maximum atomic E-state index is 13.8. The number of aromatic nitrogens is 3. The van der Waals surface area contributed by atoms with Gasteiger partial charge in [0.15, 0.2) is 5.82 Å². The normalized spacial score (nSPS) is 10.7. The van der Waals surface area contributed by atoms with Gasteiger partial charge in [-0.3, -0.25) is 0 Å². The summed E-state index contributed by atoms with van der Waals surface area (Å²) < 4.78 is 32.1. The van der Waals surface area contributed by atoms with Crippen LogP contribution in [0.5, 0.6) is 6.01 Å². The van der Waals surface area contributed by atoms with E-state index in [9.17, 15) is 8.78 Å². The monoisotopic (exact) mass is 280 g/mol. The van der Waals surface area contributed by atoms with E-state index in [1.165, 1.54) is 6.07 Å². The zero-order chi connectivity index (χ0) is 14.7. The lowest BCUT2D eigenvalue weighted by Crippen LogP contribution is -2.11. The topological polar surface area (TPSA) is 59.9 Å². The molecule has 0 amide bonds. The van der Waals surface area contributed by atoms with Crippen molar-refractivity contribution in [3.05, 3.63) is 29.8 Å². The first-order valence-corrected chi connectivity index (χ1v) is 6.05. The van der Waals surface area contributed by atoms with Crippen molar-refractivity contribution in [2.45, 2.75) is 20.0 Å². The van der Waals surface area contributed by atoms with E-state index in [1.807, 2.05) is 13.8 Å². The lowest BCUT2D eigenvalue weighted by Gasteiger charge is -2.10. The minimum absolute atomic E-state index is 0.0810. The Labute approximate surface area is 115 Å². The zero-order valence-electron chi connectivity index (χ0n) is 11.3. The van der Waals surface area contributed by atoms with Gasteiger partial charge < -0.3 is 10.1 Å². The Bertz CT molecular complexity index is 619. The standard InChI is InChI=1S/C13H14F2N4O/c1-7(2)20-13-18-11(17-12(16-3)19-13)9-5-4-8(14)6-10(9)15/h4-7H,1-3H3,(H,16,17,18,19). The van der Waals surface area contributed by atoms with Crippen LogP contribution in [-0.4, -0.2) is 28.1 Å². The molecule has 106 valence electrons. The second-order valence-corrected chi connectivity index (χ2v) is 4.31. The summed E-state index contributed by atoms with van der Waals surface area (Å²) in [5.41, 5.74) is 0.0823. The number of hydrogen-bond donors (Lipinski definition) is 1. The second-order valence-electron chi connectivity index (χ2n) is 4.31. The molecule has 0 aliphatic rings. The number of nitrogens with zero attached hydrogens (tertiary/aromatic N) is 3. The molecule has 0 fully saturated rings. The predicted molar refractivity (Wildman–Crippen MR) is 70.5 cm³/mol. The summed E-state index contributed by atoms with van der Waals surface area (Å²) in [6.07, 6.45) is -0.131. The van der Waals surface area contributed by atoms with Crippen molar-refractivity contribution in [1.29, 1.82) is 0 Å². The van der Waals surface area contributed by atoms with Crippen LogP contribution in [0.15, 0.2) is 18.2 Å². The minimum Gasteiger partial charge on any atom is -0.461 e. The van der Waals surface area contributed by atoms with Crippen LogP contribution in [0.3, 0.4) is 0 Å². The summed E-state index contributed by atoms with van der Waals surface area (Å²) in [4.78, 5) is 12.1. The van der Waals surface area contributed by atoms with E-state index in [0.717, 1.165) is 12.1 Å². The fourth-order valence-electron chi connectivity index (χ4n) is 1.52. The lowest BCUT2D eigenvalue weighted by atomic mass is 10.2. The summed E-state index contributed by atoms with van der Waals surface area (Å²) in [6.45, 7) is 3.64. The van der Waals surface area contributed by atoms with E-state index in [2.05, 4.69) is 20.3 Å². The molecular formula is C13H14F2N4O. The highest BCUT2D eigenvalue weighted by atomic mass is 19.1. The highest BCUT2D eigenvalue weighted by Gasteiger charge is 2.14. The van der Waals surface area contributed by atoms with Gasteiger partial charge in [0.25, 0.3) is 0 Å². The SMILES string of the molecule is CNc1nc(OC(C)C)nc(-c2ccc(F)cc2F)n1. The molecule has 1 aromatic carbocycles. The highest BCUT2D eigenvalue weighted by Crippen LogP contribution is 2.22. The van der Waals surface area contributed by atoms with Crippen LogP contribution in [0, 0.1) is 11.6 Å². The molecule has 0 radical (unpaired) electrons. The molecule has 0 spiro atoms. The van der Waals surface area contributed by atoms with Gasteiger partial charge in [0.2, 0.25) is 5.95 Å². The molecular weight excluding hydrogens is 266 g/mol. The fourth-order valence-corrected chi connectivity index (χ4v) is 1.52. The molecule has 7 heteroatoms. The van der Waals surface area contributed by atoms with Gasteiger partial charge in [-0.05, 0) is 26.0 Å². The lowest BCUT2D eigenvalue weighted by molar-refractivity contribution is 0.222. The molecule has 0 saturated heterocycles. The predicted octanol–water partition coefficient (Wildman–Crippen LogP) is 2.65. The first kappa shape index (κ1) is 14.1. The Morgan fingerprint density at radius 2 is 1.90 bits per heavy atom. The Kier molecular flexibility index (Phi) is 4.07. The quantitative estimate of drug-likeness (QED) is 0.933. The Balaban J connectivity index is 2.49. The van der Waals surface area contributed by atoms with E-state index in [0.29, 0.717) is 0 Å². The summed E-state index contributed by atoms with van der Waals surface area (Å²) in [6, 6.07) is 3.28. The molecule has 20 heavy (non-hydrogen) atoms. The summed E-state index contributed by atoms with van der Waals surface area (Å²) >= 11 is 0. The molecule has 0 aliphatic heterocycles. The van der Waals surface area contributed by atoms with Crippen LogP contribution in [0.1, 0.15) is 13.8 Å². The molecule has 0 aliphatic carbocycles. The van der Waals surface area contributed by atoms with Crippen LogP contribution in [0.2, 0.25) is 0 Å². The Morgan fingerprint density at radius 3 is 2.50 bits per heavy atom. The third-order valence-corrected chi connectivity index (χ3v) is 2.35. The van der Waals surface area contributed by atoms with E-state index >= 15 is 0 Å². The largest absolute Gasteiger partial charge is 0.461 e. The minimum atomic E-state index is -0.742. The van der Waals surface area contributed by atoms with Gasteiger partial charge in [0, 0.05) is 13.1 Å². The van der Waals surface area contributed by atoms with Gasteiger partial charge in [0.1, 0.15) is 11.6 Å². The maximum absolute atomic E-state index is 13.8. The number of benzene rings is 1. The number of hydrogen-bond acceptors (Lipinski definition) is 5. The number of anilines is 1. The molecule has 2 aromatic rings. The van der Waals surface area contributed by atoms with Gasteiger partial charge in [0.05, 0.1) is 11.7 Å². The number of ether oxygens (including phenoxy) is 1. The molecule has 0 atom stereocenters. The highest BCUT2D eigenvalue weighted by molar-refractivity contribution is 5.57. The van der Waals surface area contributed by atoms with Crippen molar-refractivity contribution in [2.24, 2.45) is 0 Å². The van der Waals surface area contributed by atoms with Crippen LogP contribution in [0.25, 0.3) is 11.4 Å². The molecule has 0 saturated carbocycles. The van der Waals surface area contributed by atoms with Crippen molar-refractivity contribution in [1.82, 2.24) is 15.0 Å². The van der Waals surface area contributed by atoms with Gasteiger partial charge in [-0.15, -0.1) is 0 Å². The molecule has 0 bridgehead atoms. The van der Waals surface area contributed by atoms with Gasteiger partial charge in [-0.2, -0.15) is 15.0 Å². The van der Waals surface area contributed by atoms with Crippen molar-refractivity contribution >= 4 is 5.95 Å². The van der Waals surface area contributed by atoms with Crippen molar-refractivity contribution in [2.75, 3.05) is 12.4 Å². The van der Waals surface area contributed by atoms with Gasteiger partial charge in [-0.1, -0.05) is 0 Å². The number of halogens is 2. The smallest absolute Gasteiger partial charge is 0.322 e. The first-order valence-electron chi connectivity index (χ1n) is 6.05. The van der Waals surface area contributed by atoms with Crippen LogP contribution in [-0.2, 0) is 0 Å². The summed E-state index contributed by atoms with van der Waals surface area (Å²) in [5.74, 6) is -1.08. The zero-order valence-corrected chi connectivity index (χ0v) is 11.3. The molecule has 1 N–H and O–H groups in total. The second kappa shape index (κ2) is 5.77. The van der Waals surface area contributed by atoms with Crippen LogP contribution in [0.4, 0.5) is 14.7 Å². The molecule has 1 heterocycles. The van der Waals surface area contributed by atoms with Gasteiger partial charge in [-0.25, -0.2) is 8.78 Å². The van der Waals surface area contributed by atoms with E-state index in [1.54, 1.807) is 7.05 Å². The Hall–Kier alpha value is -2.31. The Morgan fingerprint density at radius 1 is 1.15 bits per heavy atom. The van der Waals surface area contributed by atoms with E-state index < -0.39 is 11.6 Å². The molecule has 5 nitrogen and oxygen atoms in total. The van der Waals surface area contributed by atoms with E-state index in [4.69, 9.17) is 4.74 Å². The van der Waals surface area contributed by atoms with Crippen molar-refractivity contribution < 1.29 is 13.5 Å². The third-order valence-electron chi connectivity index (χ3n) is 2.35. The molecule has 2 rings (SSSR count). The number of nitrogens with one attached hydrogen (secondary N) is 1. The first-order chi connectivity index (χ1) is 9.49. The van der Waals surface area contributed by atoms with Crippen molar-refractivity contribution in [3.63, 3.8) is 0 Å². The fraction of sp³-hybridized carbons (Fsp3) is 0.308. The van der Waals surface area contributed by atoms with Gasteiger partial charge >= 0.3 is 6.01 Å². The number of rotatable bonds is 4. The molecule has 1 aromatic heterocycles. The van der Waals surface area contributed by atoms with Crippen LogP contribution >= 0.6 is 0 Å². The summed E-state index contributed by atoms with van der Waals surface area (Å²) in [5, 5.41) is 2.74. The maximum Gasteiger partial charge on any atom is 0.322 e. The average Bonchev–Trinajstić information content (AvgIpc) is 2.37. The molecule has 0 unspecified atom stereocenters.